The average Bonchev–Trinajstić information content (AvgIpc) is 3.07. The van der Waals surface area contributed by atoms with E-state index in [9.17, 15) is 4.79 Å². The number of aryl methyl sites for hydroxylation is 2. The summed E-state index contributed by atoms with van der Waals surface area (Å²) in [4.78, 5) is 17.6. The van der Waals surface area contributed by atoms with Gasteiger partial charge in [0.2, 0.25) is 0 Å². The van der Waals surface area contributed by atoms with Crippen molar-refractivity contribution in [2.75, 3.05) is 5.32 Å². The van der Waals surface area contributed by atoms with Gasteiger partial charge in [0.25, 0.3) is 5.91 Å². The molecule has 4 aromatic rings. The van der Waals surface area contributed by atoms with Crippen LogP contribution in [-0.4, -0.2) is 10.9 Å². The number of thiazole rings is 1. The summed E-state index contributed by atoms with van der Waals surface area (Å²) in [5.41, 5.74) is 3.21. The van der Waals surface area contributed by atoms with Crippen LogP contribution in [0.4, 0.5) is 5.13 Å². The minimum absolute atomic E-state index is 0.213. The molecule has 0 fully saturated rings. The molecule has 1 amide bonds. The van der Waals surface area contributed by atoms with E-state index in [0.717, 1.165) is 25.9 Å². The van der Waals surface area contributed by atoms with Crippen LogP contribution in [0.5, 0.6) is 0 Å². The predicted molar refractivity (Wildman–Crippen MR) is 104 cm³/mol. The van der Waals surface area contributed by atoms with E-state index in [1.807, 2.05) is 44.2 Å². The summed E-state index contributed by atoms with van der Waals surface area (Å²) >= 11 is 9.28. The van der Waals surface area contributed by atoms with Gasteiger partial charge in [-0.1, -0.05) is 41.1 Å². The van der Waals surface area contributed by atoms with Gasteiger partial charge >= 0.3 is 0 Å². The first-order chi connectivity index (χ1) is 11.5. The molecule has 0 aliphatic carbocycles. The zero-order valence-corrected chi connectivity index (χ0v) is 15.4. The molecule has 0 saturated carbocycles. The maximum Gasteiger partial charge on any atom is 0.269 e. The van der Waals surface area contributed by atoms with Gasteiger partial charge < -0.3 is 0 Å². The lowest BCUT2D eigenvalue weighted by Gasteiger charge is -1.98. The number of nitrogens with one attached hydrogen (secondary N) is 1. The minimum atomic E-state index is -0.213. The number of fused-ring (bicyclic) bond motifs is 2. The molecular formula is C18H13ClN2OS2. The van der Waals surface area contributed by atoms with E-state index in [4.69, 9.17) is 11.6 Å². The fraction of sp³-hybridized carbons (Fsp3) is 0.111. The first-order valence-corrected chi connectivity index (χ1v) is 9.39. The number of nitrogens with zero attached hydrogens (tertiary/aromatic N) is 1. The number of aromatic nitrogens is 1. The molecule has 2 aromatic carbocycles. The van der Waals surface area contributed by atoms with Crippen LogP contribution >= 0.6 is 34.3 Å². The van der Waals surface area contributed by atoms with Gasteiger partial charge in [0.05, 0.1) is 15.2 Å². The van der Waals surface area contributed by atoms with Crippen LogP contribution in [0.3, 0.4) is 0 Å². The number of anilines is 1. The summed E-state index contributed by atoms with van der Waals surface area (Å²) in [5, 5.41) is 4.88. The zero-order valence-electron chi connectivity index (χ0n) is 13.0. The highest BCUT2D eigenvalue weighted by Crippen LogP contribution is 2.36. The summed E-state index contributed by atoms with van der Waals surface area (Å²) in [5.74, 6) is -0.213. The van der Waals surface area contributed by atoms with Crippen molar-refractivity contribution in [2.24, 2.45) is 0 Å². The fourth-order valence-corrected chi connectivity index (χ4v) is 5.03. The van der Waals surface area contributed by atoms with Crippen molar-refractivity contribution >= 4 is 65.6 Å². The molecule has 0 spiro atoms. The number of amides is 1. The lowest BCUT2D eigenvalue weighted by molar-refractivity contribution is 0.103. The molecule has 24 heavy (non-hydrogen) atoms. The van der Waals surface area contributed by atoms with Crippen LogP contribution in [0, 0.1) is 13.8 Å². The molecule has 0 unspecified atom stereocenters. The molecular weight excluding hydrogens is 360 g/mol. The molecule has 120 valence electrons. The molecule has 0 atom stereocenters. The molecule has 4 rings (SSSR count). The van der Waals surface area contributed by atoms with Gasteiger partial charge in [0.1, 0.15) is 4.88 Å². The summed E-state index contributed by atoms with van der Waals surface area (Å²) in [6.07, 6.45) is 0. The van der Waals surface area contributed by atoms with Gasteiger partial charge in [-0.15, -0.1) is 11.3 Å². The molecule has 1 N–H and O–H groups in total. The first-order valence-electron chi connectivity index (χ1n) is 7.38. The van der Waals surface area contributed by atoms with Crippen molar-refractivity contribution in [2.45, 2.75) is 13.8 Å². The van der Waals surface area contributed by atoms with Crippen molar-refractivity contribution in [3.05, 3.63) is 57.4 Å². The number of halogens is 1. The van der Waals surface area contributed by atoms with Gasteiger partial charge in [-0.3, -0.25) is 10.1 Å². The summed E-state index contributed by atoms with van der Waals surface area (Å²) in [6, 6.07) is 12.0. The molecule has 2 heterocycles. The SMILES string of the molecule is Cc1ccc2nc(NC(=O)c3sc4cc(C)ccc4c3Cl)sc2c1. The molecule has 6 heteroatoms. The summed E-state index contributed by atoms with van der Waals surface area (Å²) < 4.78 is 2.08. The third kappa shape index (κ3) is 2.69. The van der Waals surface area contributed by atoms with Gasteiger partial charge in [0.15, 0.2) is 5.13 Å². The number of thiophene rings is 1. The average molecular weight is 373 g/mol. The normalized spacial score (nSPS) is 11.3. The van der Waals surface area contributed by atoms with E-state index in [2.05, 4.69) is 16.4 Å². The number of benzene rings is 2. The minimum Gasteiger partial charge on any atom is -0.297 e. The molecule has 0 aliphatic rings. The van der Waals surface area contributed by atoms with E-state index in [1.54, 1.807) is 0 Å². The molecule has 2 aromatic heterocycles. The van der Waals surface area contributed by atoms with Gasteiger partial charge in [-0.25, -0.2) is 4.98 Å². The Labute approximate surface area is 151 Å². The van der Waals surface area contributed by atoms with Crippen molar-refractivity contribution in [3.63, 3.8) is 0 Å². The van der Waals surface area contributed by atoms with Gasteiger partial charge in [-0.05, 0) is 43.2 Å². The Morgan fingerprint density at radius 3 is 2.54 bits per heavy atom. The lowest BCUT2D eigenvalue weighted by atomic mass is 10.2. The highest BCUT2D eigenvalue weighted by atomic mass is 35.5. The largest absolute Gasteiger partial charge is 0.297 e. The maximum atomic E-state index is 12.6. The van der Waals surface area contributed by atoms with E-state index in [-0.39, 0.29) is 5.91 Å². The van der Waals surface area contributed by atoms with Crippen molar-refractivity contribution in [1.82, 2.24) is 4.98 Å². The Morgan fingerprint density at radius 2 is 1.75 bits per heavy atom. The molecule has 3 nitrogen and oxygen atoms in total. The van der Waals surface area contributed by atoms with Crippen LogP contribution in [0.2, 0.25) is 5.02 Å². The summed E-state index contributed by atoms with van der Waals surface area (Å²) in [7, 11) is 0. The Kier molecular flexibility index (Phi) is 3.79. The second kappa shape index (κ2) is 5.84. The smallest absolute Gasteiger partial charge is 0.269 e. The number of hydrogen-bond donors (Lipinski definition) is 1. The van der Waals surface area contributed by atoms with Crippen molar-refractivity contribution < 1.29 is 4.79 Å². The highest BCUT2D eigenvalue weighted by molar-refractivity contribution is 7.23. The van der Waals surface area contributed by atoms with Gasteiger partial charge in [-0.2, -0.15) is 0 Å². The van der Waals surface area contributed by atoms with Crippen molar-refractivity contribution in [1.29, 1.82) is 0 Å². The maximum absolute atomic E-state index is 12.6. The van der Waals surface area contributed by atoms with Crippen LogP contribution < -0.4 is 5.32 Å². The van der Waals surface area contributed by atoms with Crippen molar-refractivity contribution in [3.8, 4) is 0 Å². The standard InChI is InChI=1S/C18H13ClN2OS2/c1-9-3-5-11-13(7-9)23-16(15(11)19)17(22)21-18-20-12-6-4-10(2)8-14(12)24-18/h3-8H,1-2H3,(H,20,21,22). The number of rotatable bonds is 2. The van der Waals surface area contributed by atoms with Gasteiger partial charge in [0, 0.05) is 10.1 Å². The van der Waals surface area contributed by atoms with Crippen LogP contribution in [0.25, 0.3) is 20.3 Å². The quantitative estimate of drug-likeness (QED) is 0.466. The van der Waals surface area contributed by atoms with E-state index < -0.39 is 0 Å². The van der Waals surface area contributed by atoms with E-state index >= 15 is 0 Å². The molecule has 0 radical (unpaired) electrons. The Bertz CT molecular complexity index is 1100. The monoisotopic (exact) mass is 372 g/mol. The molecule has 0 aliphatic heterocycles. The third-order valence-corrected chi connectivity index (χ3v) is 6.35. The Hall–Kier alpha value is -1.95. The number of carbonyl (C=O) groups is 1. The second-order valence-corrected chi connectivity index (χ2v) is 8.15. The van der Waals surface area contributed by atoms with Crippen LogP contribution in [0.1, 0.15) is 20.8 Å². The lowest BCUT2D eigenvalue weighted by Crippen LogP contribution is -2.10. The topological polar surface area (TPSA) is 42.0 Å². The van der Waals surface area contributed by atoms with Crippen LogP contribution in [-0.2, 0) is 0 Å². The predicted octanol–water partition coefficient (Wildman–Crippen LogP) is 6.03. The second-order valence-electron chi connectivity index (χ2n) is 5.69. The fourth-order valence-electron chi connectivity index (χ4n) is 2.56. The Balaban J connectivity index is 1.69. The van der Waals surface area contributed by atoms with E-state index in [1.165, 1.54) is 28.2 Å². The highest BCUT2D eigenvalue weighted by Gasteiger charge is 2.18. The third-order valence-electron chi connectivity index (χ3n) is 3.76. The number of hydrogen-bond acceptors (Lipinski definition) is 4. The molecule has 0 bridgehead atoms. The first kappa shape index (κ1) is 15.6. The van der Waals surface area contributed by atoms with Crippen LogP contribution in [0.15, 0.2) is 36.4 Å². The summed E-state index contributed by atoms with van der Waals surface area (Å²) in [6.45, 7) is 4.06. The zero-order chi connectivity index (χ0) is 16.8. The molecule has 0 saturated heterocycles. The Morgan fingerprint density at radius 1 is 1.04 bits per heavy atom. The number of carbonyl (C=O) groups excluding carboxylic acids is 1. The van der Waals surface area contributed by atoms with E-state index in [0.29, 0.717) is 15.0 Å².